The third-order valence-electron chi connectivity index (χ3n) is 3.93. The van der Waals surface area contributed by atoms with Crippen molar-refractivity contribution in [2.45, 2.75) is 0 Å². The number of nitrogens with zero attached hydrogens (tertiary/aromatic N) is 2. The van der Waals surface area contributed by atoms with E-state index in [1.54, 1.807) is 18.2 Å². The zero-order valence-corrected chi connectivity index (χ0v) is 13.7. The topological polar surface area (TPSA) is 26.5 Å². The second-order valence-corrected chi connectivity index (χ2v) is 5.47. The van der Waals surface area contributed by atoms with E-state index in [0.29, 0.717) is 17.9 Å². The van der Waals surface area contributed by atoms with E-state index in [1.807, 2.05) is 31.5 Å². The van der Waals surface area contributed by atoms with Crippen molar-refractivity contribution >= 4 is 23.2 Å². The molecule has 0 saturated heterocycles. The minimum atomic E-state index is -0.303. The number of rotatable bonds is 5. The molecule has 0 saturated carbocycles. The Morgan fingerprint density at radius 3 is 2.75 bits per heavy atom. The van der Waals surface area contributed by atoms with Gasteiger partial charge in [-0.25, -0.2) is 4.39 Å². The molecule has 0 amide bonds. The van der Waals surface area contributed by atoms with E-state index in [2.05, 4.69) is 27.8 Å². The molecule has 0 aliphatic rings. The molecule has 1 heterocycles. The molecule has 3 aromatic rings. The van der Waals surface area contributed by atoms with Crippen molar-refractivity contribution in [3.63, 3.8) is 0 Å². The molecule has 4 heteroatoms. The lowest BCUT2D eigenvalue weighted by atomic mass is 10.2. The summed E-state index contributed by atoms with van der Waals surface area (Å²) in [7, 11) is 3.54. The molecule has 0 fully saturated rings. The number of methoxy groups -OCH3 is 1. The Morgan fingerprint density at radius 2 is 2.00 bits per heavy atom. The molecular weight excluding hydrogens is 303 g/mol. The number of aryl methyl sites for hydroxylation is 1. The van der Waals surface area contributed by atoms with Crippen LogP contribution in [-0.4, -0.2) is 24.4 Å². The minimum Gasteiger partial charge on any atom is -0.497 e. The van der Waals surface area contributed by atoms with E-state index in [1.165, 1.54) is 24.1 Å². The summed E-state index contributed by atoms with van der Waals surface area (Å²) in [6, 6.07) is 15.1. The Morgan fingerprint density at radius 1 is 1.17 bits per heavy atom. The smallest absolute Gasteiger partial charge is 0.134 e. The molecule has 0 bridgehead atoms. The van der Waals surface area contributed by atoms with E-state index < -0.39 is 0 Å². The molecule has 0 spiro atoms. The first-order valence-corrected chi connectivity index (χ1v) is 7.73. The Balaban J connectivity index is 1.67. The van der Waals surface area contributed by atoms with Crippen LogP contribution in [0.2, 0.25) is 0 Å². The van der Waals surface area contributed by atoms with Crippen LogP contribution < -0.4 is 4.74 Å². The maximum absolute atomic E-state index is 13.8. The molecule has 1 aromatic heterocycles. The number of hydrogen-bond acceptors (Lipinski definition) is 2. The molecule has 3 rings (SSSR count). The third kappa shape index (κ3) is 3.38. The SMILES string of the molecule is COc1ccc(/C=C/CN=Cc2cc3ccccc3n2C)c(F)c1. The van der Waals surface area contributed by atoms with Gasteiger partial charge in [-0.2, -0.15) is 0 Å². The van der Waals surface area contributed by atoms with Gasteiger partial charge in [-0.05, 0) is 24.3 Å². The van der Waals surface area contributed by atoms with Gasteiger partial charge >= 0.3 is 0 Å². The Kier molecular flexibility index (Phi) is 4.75. The molecule has 0 N–H and O–H groups in total. The van der Waals surface area contributed by atoms with Gasteiger partial charge in [0.25, 0.3) is 0 Å². The maximum Gasteiger partial charge on any atom is 0.134 e. The van der Waals surface area contributed by atoms with Crippen molar-refractivity contribution in [3.05, 3.63) is 71.7 Å². The number of halogens is 1. The minimum absolute atomic E-state index is 0.303. The monoisotopic (exact) mass is 322 g/mol. The van der Waals surface area contributed by atoms with Crippen molar-refractivity contribution < 1.29 is 9.13 Å². The first-order chi connectivity index (χ1) is 11.7. The van der Waals surface area contributed by atoms with Crippen LogP contribution >= 0.6 is 0 Å². The van der Waals surface area contributed by atoms with E-state index in [4.69, 9.17) is 4.74 Å². The van der Waals surface area contributed by atoms with Gasteiger partial charge in [0, 0.05) is 35.8 Å². The van der Waals surface area contributed by atoms with Crippen LogP contribution in [0.3, 0.4) is 0 Å². The number of para-hydroxylation sites is 1. The van der Waals surface area contributed by atoms with Gasteiger partial charge in [0.1, 0.15) is 11.6 Å². The molecule has 0 aliphatic heterocycles. The largest absolute Gasteiger partial charge is 0.497 e. The first-order valence-electron chi connectivity index (χ1n) is 7.73. The summed E-state index contributed by atoms with van der Waals surface area (Å²) < 4.78 is 20.9. The molecule has 3 nitrogen and oxygen atoms in total. The highest BCUT2D eigenvalue weighted by Gasteiger charge is 2.02. The van der Waals surface area contributed by atoms with Gasteiger partial charge in [-0.3, -0.25) is 4.99 Å². The number of benzene rings is 2. The van der Waals surface area contributed by atoms with Crippen LogP contribution in [0.1, 0.15) is 11.3 Å². The molecule has 0 unspecified atom stereocenters. The van der Waals surface area contributed by atoms with Crippen molar-refractivity contribution in [1.29, 1.82) is 0 Å². The van der Waals surface area contributed by atoms with Crippen molar-refractivity contribution in [2.24, 2.45) is 12.0 Å². The van der Waals surface area contributed by atoms with Gasteiger partial charge in [-0.1, -0.05) is 30.4 Å². The third-order valence-corrected chi connectivity index (χ3v) is 3.93. The second-order valence-electron chi connectivity index (χ2n) is 5.47. The summed E-state index contributed by atoms with van der Waals surface area (Å²) in [4.78, 5) is 4.40. The summed E-state index contributed by atoms with van der Waals surface area (Å²) in [5, 5.41) is 1.19. The molecule has 2 aromatic carbocycles. The second kappa shape index (κ2) is 7.13. The van der Waals surface area contributed by atoms with Crippen LogP contribution in [0.25, 0.3) is 17.0 Å². The highest BCUT2D eigenvalue weighted by atomic mass is 19.1. The summed E-state index contributed by atoms with van der Waals surface area (Å²) in [6.07, 6.45) is 5.41. The average Bonchev–Trinajstić information content (AvgIpc) is 2.92. The van der Waals surface area contributed by atoms with Gasteiger partial charge in [0.15, 0.2) is 0 Å². The predicted octanol–water partition coefficient (Wildman–Crippen LogP) is 4.46. The molecule has 122 valence electrons. The molecule has 24 heavy (non-hydrogen) atoms. The number of aliphatic imine (C=N–C) groups is 1. The summed E-state index contributed by atoms with van der Waals surface area (Å²) in [5.41, 5.74) is 2.74. The quantitative estimate of drug-likeness (QED) is 0.637. The highest BCUT2D eigenvalue weighted by molar-refractivity contribution is 5.90. The fourth-order valence-corrected chi connectivity index (χ4v) is 2.59. The zero-order chi connectivity index (χ0) is 16.9. The number of hydrogen-bond donors (Lipinski definition) is 0. The standard InChI is InChI=1S/C20H19FN2O/c1-23-17(12-16-6-3-4-8-20(16)23)14-22-11-5-7-15-9-10-18(24-2)13-19(15)21/h3-10,12-14H,11H2,1-2H3/b7-5+,22-14?. The van der Waals surface area contributed by atoms with E-state index in [9.17, 15) is 4.39 Å². The highest BCUT2D eigenvalue weighted by Crippen LogP contribution is 2.18. The molecule has 0 aliphatic carbocycles. The number of aromatic nitrogens is 1. The van der Waals surface area contributed by atoms with E-state index in [-0.39, 0.29) is 5.82 Å². The van der Waals surface area contributed by atoms with Gasteiger partial charge < -0.3 is 9.30 Å². The predicted molar refractivity (Wildman–Crippen MR) is 97.4 cm³/mol. The average molecular weight is 322 g/mol. The normalized spacial score (nSPS) is 11.8. The van der Waals surface area contributed by atoms with Gasteiger partial charge in [-0.15, -0.1) is 0 Å². The van der Waals surface area contributed by atoms with Crippen molar-refractivity contribution in [1.82, 2.24) is 4.57 Å². The van der Waals surface area contributed by atoms with Crippen LogP contribution in [0.4, 0.5) is 4.39 Å². The Hall–Kier alpha value is -2.88. The lowest BCUT2D eigenvalue weighted by Gasteiger charge is -2.01. The van der Waals surface area contributed by atoms with Gasteiger partial charge in [0.2, 0.25) is 0 Å². The maximum atomic E-state index is 13.8. The fraction of sp³-hybridized carbons (Fsp3) is 0.150. The fourth-order valence-electron chi connectivity index (χ4n) is 2.59. The number of fused-ring (bicyclic) bond motifs is 1. The van der Waals surface area contributed by atoms with Gasteiger partial charge in [0.05, 0.1) is 19.3 Å². The summed E-state index contributed by atoms with van der Waals surface area (Å²) >= 11 is 0. The number of ether oxygens (including phenoxy) is 1. The van der Waals surface area contributed by atoms with Crippen LogP contribution in [0, 0.1) is 5.82 Å². The van der Waals surface area contributed by atoms with Crippen molar-refractivity contribution in [2.75, 3.05) is 13.7 Å². The van der Waals surface area contributed by atoms with E-state index in [0.717, 1.165) is 5.69 Å². The summed E-state index contributed by atoms with van der Waals surface area (Å²) in [6.45, 7) is 0.493. The first kappa shape index (κ1) is 16.0. The molecular formula is C20H19FN2O. The Labute approximate surface area is 140 Å². The zero-order valence-electron chi connectivity index (χ0n) is 13.7. The van der Waals surface area contributed by atoms with Crippen LogP contribution in [0.15, 0.2) is 59.6 Å². The molecule has 0 atom stereocenters. The van der Waals surface area contributed by atoms with E-state index >= 15 is 0 Å². The van der Waals surface area contributed by atoms with Crippen LogP contribution in [0.5, 0.6) is 5.75 Å². The lowest BCUT2D eigenvalue weighted by Crippen LogP contribution is -1.94. The Bertz CT molecular complexity index is 909. The molecule has 0 radical (unpaired) electrons. The van der Waals surface area contributed by atoms with Crippen LogP contribution in [-0.2, 0) is 7.05 Å². The summed E-state index contributed by atoms with van der Waals surface area (Å²) in [5.74, 6) is 0.210. The lowest BCUT2D eigenvalue weighted by molar-refractivity contribution is 0.411. The van der Waals surface area contributed by atoms with Crippen molar-refractivity contribution in [3.8, 4) is 5.75 Å².